The maximum atomic E-state index is 2.39. The predicted molar refractivity (Wildman–Crippen MR) is 120 cm³/mol. The Morgan fingerprint density at radius 3 is 0.593 bits per heavy atom. The van der Waals surface area contributed by atoms with Gasteiger partial charge in [0.15, 0.2) is 0 Å². The summed E-state index contributed by atoms with van der Waals surface area (Å²) in [6.07, 6.45) is 9.93. The van der Waals surface area contributed by atoms with Gasteiger partial charge in [0.1, 0.15) is 0 Å². The molecule has 0 saturated carbocycles. The topological polar surface area (TPSA) is 16.2 Å². The number of hydrogen-bond donors (Lipinski definition) is 0. The molecule has 0 bridgehead atoms. The molecule has 27 heavy (non-hydrogen) atoms. The average molecular weight is 384 g/mol. The summed E-state index contributed by atoms with van der Waals surface area (Å²) in [5.74, 6) is 0. The molecule has 4 aliphatic rings. The molecule has 0 spiro atoms. The Labute approximate surface area is 170 Å². The second-order valence-corrected chi connectivity index (χ2v) is 8.99. The van der Waals surface area contributed by atoms with Gasteiger partial charge in [-0.3, -0.25) is 0 Å². The first kappa shape index (κ1) is 24.8. The number of likely N-dealkylation sites (N-methyl/N-ethyl adjacent to an activating group) is 2. The van der Waals surface area contributed by atoms with E-state index in [1.807, 2.05) is 0 Å². The molecular weight excluding hydrogens is 334 g/mol. The average Bonchev–Trinajstić information content (AvgIpc) is 3.33. The lowest BCUT2D eigenvalue weighted by Crippen LogP contribution is -2.42. The fourth-order valence-corrected chi connectivity index (χ4v) is 3.71. The van der Waals surface area contributed by atoms with Crippen LogP contribution in [0.5, 0.6) is 0 Å². The number of nitrogens with zero attached hydrogens (tertiary/aromatic N) is 5. The minimum absolute atomic E-state index is 1.23. The number of piperazine rings is 1. The Morgan fingerprint density at radius 1 is 0.259 bits per heavy atom. The molecule has 4 saturated heterocycles. The van der Waals surface area contributed by atoms with Gasteiger partial charge in [0.05, 0.1) is 0 Å². The second kappa shape index (κ2) is 15.7. The van der Waals surface area contributed by atoms with Gasteiger partial charge < -0.3 is 24.5 Å². The summed E-state index contributed by atoms with van der Waals surface area (Å²) in [5.41, 5.74) is 0. The van der Waals surface area contributed by atoms with Crippen LogP contribution < -0.4 is 0 Å². The van der Waals surface area contributed by atoms with Gasteiger partial charge in [0.2, 0.25) is 0 Å². The predicted octanol–water partition coefficient (Wildman–Crippen LogP) is 2.39. The van der Waals surface area contributed by atoms with E-state index < -0.39 is 0 Å². The largest absolute Gasteiger partial charge is 0.306 e. The fraction of sp³-hybridized carbons (Fsp3) is 1.00. The monoisotopic (exact) mass is 383 g/mol. The van der Waals surface area contributed by atoms with E-state index in [1.165, 1.54) is 110 Å². The van der Waals surface area contributed by atoms with Crippen LogP contribution in [0.4, 0.5) is 0 Å². The Balaban J connectivity index is 0.000000181. The maximum absolute atomic E-state index is 2.39. The molecule has 0 unspecified atom stereocenters. The zero-order chi connectivity index (χ0) is 19.9. The first-order valence-electron chi connectivity index (χ1n) is 11.4. The zero-order valence-electron chi connectivity index (χ0n) is 19.3. The van der Waals surface area contributed by atoms with Crippen LogP contribution in [-0.2, 0) is 0 Å². The molecule has 4 rings (SSSR count). The van der Waals surface area contributed by atoms with Crippen molar-refractivity contribution in [2.75, 3.05) is 101 Å². The van der Waals surface area contributed by atoms with Crippen molar-refractivity contribution in [3.05, 3.63) is 0 Å². The SMILES string of the molecule is CN1CCCC1.CN1CCCC1.CN1CCCCC1.CN1CCN(C)CC1. The Morgan fingerprint density at radius 2 is 0.444 bits per heavy atom. The highest BCUT2D eigenvalue weighted by Crippen LogP contribution is 2.05. The molecule has 162 valence electrons. The Kier molecular flexibility index (Phi) is 14.4. The van der Waals surface area contributed by atoms with Crippen molar-refractivity contribution in [1.82, 2.24) is 24.5 Å². The summed E-state index contributed by atoms with van der Waals surface area (Å²) in [7, 11) is 10.9. The molecule has 4 heterocycles. The third kappa shape index (κ3) is 14.5. The molecule has 0 aromatic carbocycles. The van der Waals surface area contributed by atoms with Crippen LogP contribution in [0.2, 0.25) is 0 Å². The molecule has 5 heteroatoms. The van der Waals surface area contributed by atoms with E-state index >= 15 is 0 Å². The van der Waals surface area contributed by atoms with Crippen LogP contribution in [-0.4, -0.2) is 125 Å². The lowest BCUT2D eigenvalue weighted by atomic mass is 10.1. The van der Waals surface area contributed by atoms with Gasteiger partial charge in [0, 0.05) is 26.2 Å². The van der Waals surface area contributed by atoms with E-state index in [2.05, 4.69) is 59.7 Å². The van der Waals surface area contributed by atoms with E-state index in [0.717, 1.165) is 0 Å². The van der Waals surface area contributed by atoms with Crippen molar-refractivity contribution >= 4 is 0 Å². The van der Waals surface area contributed by atoms with Crippen molar-refractivity contribution in [1.29, 1.82) is 0 Å². The molecule has 0 aliphatic carbocycles. The fourth-order valence-electron chi connectivity index (χ4n) is 3.71. The summed E-state index contributed by atoms with van der Waals surface area (Å²) in [6, 6.07) is 0. The molecule has 0 amide bonds. The number of rotatable bonds is 0. The lowest BCUT2D eigenvalue weighted by Gasteiger charge is -2.28. The third-order valence-electron chi connectivity index (χ3n) is 5.97. The molecular formula is C22H49N5. The van der Waals surface area contributed by atoms with Crippen LogP contribution in [0.25, 0.3) is 0 Å². The van der Waals surface area contributed by atoms with E-state index in [-0.39, 0.29) is 0 Å². The minimum Gasteiger partial charge on any atom is -0.306 e. The van der Waals surface area contributed by atoms with E-state index in [9.17, 15) is 0 Å². The zero-order valence-corrected chi connectivity index (χ0v) is 19.3. The molecule has 0 atom stereocenters. The van der Waals surface area contributed by atoms with Crippen LogP contribution >= 0.6 is 0 Å². The van der Waals surface area contributed by atoms with Gasteiger partial charge in [-0.1, -0.05) is 6.42 Å². The van der Waals surface area contributed by atoms with Crippen LogP contribution in [0.1, 0.15) is 44.9 Å². The van der Waals surface area contributed by atoms with Crippen molar-refractivity contribution in [2.24, 2.45) is 0 Å². The first-order chi connectivity index (χ1) is 13.0. The Hall–Kier alpha value is -0.200. The normalized spacial score (nSPS) is 25.7. The number of likely N-dealkylation sites (tertiary alicyclic amines) is 3. The summed E-state index contributed by atoms with van der Waals surface area (Å²) in [4.78, 5) is 11.8. The summed E-state index contributed by atoms with van der Waals surface area (Å²) >= 11 is 0. The van der Waals surface area contributed by atoms with E-state index in [1.54, 1.807) is 0 Å². The summed E-state index contributed by atoms with van der Waals surface area (Å²) in [5, 5.41) is 0. The highest BCUT2D eigenvalue weighted by molar-refractivity contribution is 4.64. The number of hydrogen-bond acceptors (Lipinski definition) is 5. The molecule has 0 aromatic rings. The molecule has 4 aliphatic heterocycles. The van der Waals surface area contributed by atoms with Gasteiger partial charge in [-0.15, -0.1) is 0 Å². The molecule has 5 nitrogen and oxygen atoms in total. The standard InChI is InChI=1S/C6H14N2.C6H13N.2C5H11N/c1-7-3-5-8(2)6-4-7;1-7-5-3-2-4-6-7;2*1-6-4-2-3-5-6/h3-6H2,1-2H3;2-6H2,1H3;2*2-5H2,1H3. The van der Waals surface area contributed by atoms with Gasteiger partial charge >= 0.3 is 0 Å². The van der Waals surface area contributed by atoms with Crippen molar-refractivity contribution in [3.63, 3.8) is 0 Å². The van der Waals surface area contributed by atoms with Crippen LogP contribution in [0.15, 0.2) is 0 Å². The van der Waals surface area contributed by atoms with Crippen LogP contribution in [0, 0.1) is 0 Å². The van der Waals surface area contributed by atoms with E-state index in [0.29, 0.717) is 0 Å². The van der Waals surface area contributed by atoms with Crippen LogP contribution in [0.3, 0.4) is 0 Å². The summed E-state index contributed by atoms with van der Waals surface area (Å²) < 4.78 is 0. The first-order valence-corrected chi connectivity index (χ1v) is 11.4. The minimum atomic E-state index is 1.23. The second-order valence-electron chi connectivity index (χ2n) is 8.99. The van der Waals surface area contributed by atoms with Gasteiger partial charge in [0.25, 0.3) is 0 Å². The van der Waals surface area contributed by atoms with Crippen molar-refractivity contribution in [2.45, 2.75) is 44.9 Å². The third-order valence-corrected chi connectivity index (χ3v) is 5.97. The Bertz CT molecular complexity index is 289. The molecule has 0 aromatic heterocycles. The lowest BCUT2D eigenvalue weighted by molar-refractivity contribution is 0.181. The van der Waals surface area contributed by atoms with Crippen molar-refractivity contribution < 1.29 is 0 Å². The number of piperidine rings is 1. The summed E-state index contributed by atoms with van der Waals surface area (Å²) in [6.45, 7) is 12.8. The molecule has 0 N–H and O–H groups in total. The van der Waals surface area contributed by atoms with Gasteiger partial charge in [-0.25, -0.2) is 0 Å². The molecule has 4 fully saturated rings. The highest BCUT2D eigenvalue weighted by Gasteiger charge is 2.08. The molecule has 0 radical (unpaired) electrons. The van der Waals surface area contributed by atoms with Gasteiger partial charge in [-0.05, 0) is 113 Å². The van der Waals surface area contributed by atoms with Crippen molar-refractivity contribution in [3.8, 4) is 0 Å². The van der Waals surface area contributed by atoms with E-state index in [4.69, 9.17) is 0 Å². The quantitative estimate of drug-likeness (QED) is 0.636. The van der Waals surface area contributed by atoms with Gasteiger partial charge in [-0.2, -0.15) is 0 Å². The smallest absolute Gasteiger partial charge is 0.0107 e. The maximum Gasteiger partial charge on any atom is 0.0107 e. The highest BCUT2D eigenvalue weighted by atomic mass is 15.2.